The molecule has 1 aliphatic rings. The summed E-state index contributed by atoms with van der Waals surface area (Å²) in [6, 6.07) is 0.711. The Labute approximate surface area is 87.8 Å². The predicted octanol–water partition coefficient (Wildman–Crippen LogP) is 1.10. The summed E-state index contributed by atoms with van der Waals surface area (Å²) in [7, 11) is 1.98. The SMILES string of the molecule is CCCC(C)N1CCOC(CNC)C1. The molecular weight excluding hydrogens is 176 g/mol. The highest BCUT2D eigenvalue weighted by atomic mass is 16.5. The first-order valence-electron chi connectivity index (χ1n) is 5.78. The van der Waals surface area contributed by atoms with Crippen molar-refractivity contribution in [2.45, 2.75) is 38.8 Å². The van der Waals surface area contributed by atoms with Gasteiger partial charge in [0.2, 0.25) is 0 Å². The van der Waals surface area contributed by atoms with Crippen molar-refractivity contribution >= 4 is 0 Å². The lowest BCUT2D eigenvalue weighted by Gasteiger charge is -2.36. The smallest absolute Gasteiger partial charge is 0.0826 e. The van der Waals surface area contributed by atoms with Crippen molar-refractivity contribution in [2.75, 3.05) is 33.3 Å². The van der Waals surface area contributed by atoms with E-state index in [4.69, 9.17) is 4.74 Å². The molecule has 2 atom stereocenters. The lowest BCUT2D eigenvalue weighted by Crippen LogP contribution is -2.49. The van der Waals surface area contributed by atoms with Crippen molar-refractivity contribution in [1.29, 1.82) is 0 Å². The molecule has 1 rings (SSSR count). The molecule has 84 valence electrons. The number of morpholine rings is 1. The summed E-state index contributed by atoms with van der Waals surface area (Å²) in [6.07, 6.45) is 2.95. The van der Waals surface area contributed by atoms with Crippen LogP contribution in [0, 0.1) is 0 Å². The third-order valence-corrected chi connectivity index (χ3v) is 2.93. The van der Waals surface area contributed by atoms with Crippen LogP contribution < -0.4 is 5.32 Å². The molecule has 14 heavy (non-hydrogen) atoms. The number of hydrogen-bond acceptors (Lipinski definition) is 3. The fraction of sp³-hybridized carbons (Fsp3) is 1.00. The normalized spacial score (nSPS) is 26.4. The second-order valence-corrected chi connectivity index (χ2v) is 4.18. The first kappa shape index (κ1) is 12.0. The average molecular weight is 200 g/mol. The van der Waals surface area contributed by atoms with Crippen molar-refractivity contribution in [3.05, 3.63) is 0 Å². The Balaban J connectivity index is 2.31. The van der Waals surface area contributed by atoms with Gasteiger partial charge in [0.05, 0.1) is 12.7 Å². The second-order valence-electron chi connectivity index (χ2n) is 4.18. The molecule has 2 unspecified atom stereocenters. The number of likely N-dealkylation sites (N-methyl/N-ethyl adjacent to an activating group) is 1. The molecule has 1 fully saturated rings. The van der Waals surface area contributed by atoms with Gasteiger partial charge in [-0.3, -0.25) is 4.90 Å². The van der Waals surface area contributed by atoms with E-state index in [1.165, 1.54) is 12.8 Å². The Morgan fingerprint density at radius 2 is 2.36 bits per heavy atom. The molecule has 1 heterocycles. The minimum absolute atomic E-state index is 0.382. The molecule has 1 N–H and O–H groups in total. The van der Waals surface area contributed by atoms with Crippen molar-refractivity contribution < 1.29 is 4.74 Å². The van der Waals surface area contributed by atoms with Crippen LogP contribution in [0.25, 0.3) is 0 Å². The van der Waals surface area contributed by atoms with E-state index in [1.807, 2.05) is 7.05 Å². The van der Waals surface area contributed by atoms with Gasteiger partial charge in [0, 0.05) is 25.7 Å². The molecule has 0 saturated carbocycles. The molecule has 0 spiro atoms. The third-order valence-electron chi connectivity index (χ3n) is 2.93. The maximum absolute atomic E-state index is 5.67. The highest BCUT2D eigenvalue weighted by Crippen LogP contribution is 2.11. The molecule has 3 heteroatoms. The first-order chi connectivity index (χ1) is 6.77. The molecule has 3 nitrogen and oxygen atoms in total. The van der Waals surface area contributed by atoms with Gasteiger partial charge >= 0.3 is 0 Å². The number of rotatable bonds is 5. The summed E-state index contributed by atoms with van der Waals surface area (Å²) in [6.45, 7) is 8.62. The molecule has 0 radical (unpaired) electrons. The van der Waals surface area contributed by atoms with Crippen LogP contribution in [0.4, 0.5) is 0 Å². The van der Waals surface area contributed by atoms with E-state index in [2.05, 4.69) is 24.1 Å². The summed E-state index contributed by atoms with van der Waals surface area (Å²) in [5.74, 6) is 0. The Hall–Kier alpha value is -0.120. The van der Waals surface area contributed by atoms with Gasteiger partial charge in [0.15, 0.2) is 0 Å². The highest BCUT2D eigenvalue weighted by molar-refractivity contribution is 4.76. The van der Waals surface area contributed by atoms with Crippen LogP contribution in [0.1, 0.15) is 26.7 Å². The van der Waals surface area contributed by atoms with Crippen LogP contribution in [0.5, 0.6) is 0 Å². The summed E-state index contributed by atoms with van der Waals surface area (Å²) in [5.41, 5.74) is 0. The molecule has 1 saturated heterocycles. The summed E-state index contributed by atoms with van der Waals surface area (Å²) in [4.78, 5) is 2.55. The number of nitrogens with zero attached hydrogens (tertiary/aromatic N) is 1. The average Bonchev–Trinajstić information content (AvgIpc) is 2.19. The van der Waals surface area contributed by atoms with Crippen LogP contribution in [-0.4, -0.2) is 50.3 Å². The van der Waals surface area contributed by atoms with Crippen LogP contribution >= 0.6 is 0 Å². The monoisotopic (exact) mass is 200 g/mol. The van der Waals surface area contributed by atoms with E-state index in [9.17, 15) is 0 Å². The first-order valence-corrected chi connectivity index (χ1v) is 5.78. The van der Waals surface area contributed by atoms with Crippen LogP contribution in [0.15, 0.2) is 0 Å². The standard InChI is InChI=1S/C11H24N2O/c1-4-5-10(2)13-6-7-14-11(9-13)8-12-3/h10-12H,4-9H2,1-3H3. The van der Waals surface area contributed by atoms with Crippen molar-refractivity contribution in [2.24, 2.45) is 0 Å². The summed E-state index contributed by atoms with van der Waals surface area (Å²) in [5, 5.41) is 3.18. The Bertz CT molecular complexity index is 146. The van der Waals surface area contributed by atoms with Gasteiger partial charge in [0.25, 0.3) is 0 Å². The van der Waals surface area contributed by atoms with E-state index in [0.717, 1.165) is 26.2 Å². The molecule has 0 aromatic carbocycles. The van der Waals surface area contributed by atoms with Gasteiger partial charge in [-0.25, -0.2) is 0 Å². The topological polar surface area (TPSA) is 24.5 Å². The molecule has 0 amide bonds. The van der Waals surface area contributed by atoms with Crippen LogP contribution in [0.3, 0.4) is 0 Å². The van der Waals surface area contributed by atoms with Gasteiger partial charge < -0.3 is 10.1 Å². The van der Waals surface area contributed by atoms with E-state index in [1.54, 1.807) is 0 Å². The predicted molar refractivity (Wildman–Crippen MR) is 59.6 cm³/mol. The fourth-order valence-electron chi connectivity index (χ4n) is 2.09. The zero-order valence-corrected chi connectivity index (χ0v) is 9.75. The van der Waals surface area contributed by atoms with Gasteiger partial charge in [-0.05, 0) is 20.4 Å². The number of hydrogen-bond donors (Lipinski definition) is 1. The molecule has 0 aliphatic carbocycles. The van der Waals surface area contributed by atoms with E-state index >= 15 is 0 Å². The lowest BCUT2D eigenvalue weighted by molar-refractivity contribution is -0.0398. The van der Waals surface area contributed by atoms with E-state index < -0.39 is 0 Å². The Morgan fingerprint density at radius 3 is 3.00 bits per heavy atom. The zero-order valence-electron chi connectivity index (χ0n) is 9.75. The quantitative estimate of drug-likeness (QED) is 0.719. The number of ether oxygens (including phenoxy) is 1. The van der Waals surface area contributed by atoms with E-state index in [0.29, 0.717) is 12.1 Å². The van der Waals surface area contributed by atoms with Crippen molar-refractivity contribution in [1.82, 2.24) is 10.2 Å². The van der Waals surface area contributed by atoms with Crippen molar-refractivity contribution in [3.8, 4) is 0 Å². The molecule has 1 aliphatic heterocycles. The molecule has 0 bridgehead atoms. The number of nitrogens with one attached hydrogen (secondary N) is 1. The second kappa shape index (κ2) is 6.38. The minimum atomic E-state index is 0.382. The van der Waals surface area contributed by atoms with E-state index in [-0.39, 0.29) is 0 Å². The zero-order chi connectivity index (χ0) is 10.4. The van der Waals surface area contributed by atoms with Gasteiger partial charge in [-0.15, -0.1) is 0 Å². The Kier molecular flexibility index (Phi) is 5.45. The summed E-state index contributed by atoms with van der Waals surface area (Å²) < 4.78 is 5.67. The fourth-order valence-corrected chi connectivity index (χ4v) is 2.09. The molecule has 0 aromatic rings. The third kappa shape index (κ3) is 3.56. The Morgan fingerprint density at radius 1 is 1.57 bits per heavy atom. The summed E-state index contributed by atoms with van der Waals surface area (Å²) >= 11 is 0. The maximum Gasteiger partial charge on any atom is 0.0826 e. The largest absolute Gasteiger partial charge is 0.374 e. The van der Waals surface area contributed by atoms with Crippen LogP contribution in [-0.2, 0) is 4.74 Å². The minimum Gasteiger partial charge on any atom is -0.374 e. The van der Waals surface area contributed by atoms with Gasteiger partial charge in [0.1, 0.15) is 0 Å². The highest BCUT2D eigenvalue weighted by Gasteiger charge is 2.22. The molecular formula is C11H24N2O. The maximum atomic E-state index is 5.67. The van der Waals surface area contributed by atoms with Gasteiger partial charge in [-0.2, -0.15) is 0 Å². The van der Waals surface area contributed by atoms with Crippen LogP contribution in [0.2, 0.25) is 0 Å². The van der Waals surface area contributed by atoms with Gasteiger partial charge in [-0.1, -0.05) is 13.3 Å². The molecule has 0 aromatic heterocycles. The lowest BCUT2D eigenvalue weighted by atomic mass is 10.1. The van der Waals surface area contributed by atoms with Crippen molar-refractivity contribution in [3.63, 3.8) is 0 Å².